The van der Waals surface area contributed by atoms with E-state index in [1.807, 2.05) is 48.5 Å². The lowest BCUT2D eigenvalue weighted by molar-refractivity contribution is -0.137. The minimum atomic E-state index is -4.51. The van der Waals surface area contributed by atoms with Crippen LogP contribution in [0.2, 0.25) is 5.15 Å². The van der Waals surface area contributed by atoms with Crippen molar-refractivity contribution < 1.29 is 22.7 Å². The quantitative estimate of drug-likeness (QED) is 0.456. The number of alkyl carbamates (subject to hydrolysis) is 1. The van der Waals surface area contributed by atoms with Crippen molar-refractivity contribution >= 4 is 23.8 Å². The van der Waals surface area contributed by atoms with Gasteiger partial charge in [0.15, 0.2) is 0 Å². The fraction of sp³-hybridized carbons (Fsp3) is 0.167. The molecule has 4 nitrogen and oxygen atoms in total. The normalized spacial score (nSPS) is 13.1. The molecule has 1 aliphatic rings. The fourth-order valence-corrected chi connectivity index (χ4v) is 3.88. The van der Waals surface area contributed by atoms with E-state index in [9.17, 15) is 18.0 Å². The van der Waals surface area contributed by atoms with Crippen LogP contribution in [-0.4, -0.2) is 24.2 Å². The number of rotatable bonds is 5. The molecule has 0 saturated carbocycles. The molecule has 4 rings (SSSR count). The second-order valence-corrected chi connectivity index (χ2v) is 7.57. The van der Waals surface area contributed by atoms with E-state index in [2.05, 4.69) is 10.3 Å². The smallest absolute Gasteiger partial charge is 0.417 e. The Hall–Kier alpha value is -3.32. The van der Waals surface area contributed by atoms with Crippen molar-refractivity contribution in [2.24, 2.45) is 0 Å². The lowest BCUT2D eigenvalue weighted by atomic mass is 9.98. The van der Waals surface area contributed by atoms with Gasteiger partial charge < -0.3 is 10.1 Å². The van der Waals surface area contributed by atoms with E-state index in [-0.39, 0.29) is 29.8 Å². The van der Waals surface area contributed by atoms with Crippen LogP contribution in [0.15, 0.2) is 66.9 Å². The summed E-state index contributed by atoms with van der Waals surface area (Å²) in [5.41, 5.74) is 3.68. The average molecular weight is 459 g/mol. The highest BCUT2D eigenvalue weighted by Gasteiger charge is 2.31. The van der Waals surface area contributed by atoms with E-state index in [4.69, 9.17) is 16.3 Å². The Labute approximate surface area is 187 Å². The van der Waals surface area contributed by atoms with E-state index < -0.39 is 17.8 Å². The maximum Gasteiger partial charge on any atom is 0.417 e. The van der Waals surface area contributed by atoms with Gasteiger partial charge in [-0.05, 0) is 28.3 Å². The Bertz CT molecular complexity index is 1130. The topological polar surface area (TPSA) is 51.2 Å². The molecule has 1 N–H and O–H groups in total. The lowest BCUT2D eigenvalue weighted by Gasteiger charge is -2.14. The van der Waals surface area contributed by atoms with Gasteiger partial charge in [-0.1, -0.05) is 72.3 Å². The van der Waals surface area contributed by atoms with Crippen molar-refractivity contribution in [1.82, 2.24) is 10.3 Å². The maximum absolute atomic E-state index is 12.8. The first-order valence-electron chi connectivity index (χ1n) is 9.82. The molecule has 1 aromatic heterocycles. The Morgan fingerprint density at radius 1 is 1.09 bits per heavy atom. The molecular formula is C24H18ClF3N2O2. The number of carbonyl (C=O) groups is 1. The number of ether oxygens (including phenoxy) is 1. The molecule has 0 radical (unpaired) electrons. The predicted octanol–water partition coefficient (Wildman–Crippen LogP) is 6.31. The van der Waals surface area contributed by atoms with Crippen molar-refractivity contribution in [3.63, 3.8) is 0 Å². The molecule has 164 valence electrons. The van der Waals surface area contributed by atoms with Crippen molar-refractivity contribution in [2.45, 2.75) is 12.1 Å². The van der Waals surface area contributed by atoms with Gasteiger partial charge in [-0.2, -0.15) is 13.2 Å². The third-order valence-electron chi connectivity index (χ3n) is 5.20. The van der Waals surface area contributed by atoms with Gasteiger partial charge in [0.1, 0.15) is 11.8 Å². The van der Waals surface area contributed by atoms with Gasteiger partial charge in [0.05, 0.1) is 5.56 Å². The second-order valence-electron chi connectivity index (χ2n) is 7.21. The molecule has 0 fully saturated rings. The van der Waals surface area contributed by atoms with Gasteiger partial charge in [-0.15, -0.1) is 0 Å². The first-order chi connectivity index (χ1) is 15.3. The van der Waals surface area contributed by atoms with Crippen LogP contribution in [0.3, 0.4) is 0 Å². The number of aromatic nitrogens is 1. The third-order valence-corrected chi connectivity index (χ3v) is 5.51. The van der Waals surface area contributed by atoms with E-state index in [0.717, 1.165) is 28.3 Å². The van der Waals surface area contributed by atoms with Crippen molar-refractivity contribution in [3.05, 3.63) is 94.3 Å². The van der Waals surface area contributed by atoms with Gasteiger partial charge in [0, 0.05) is 24.2 Å². The Morgan fingerprint density at radius 2 is 1.72 bits per heavy atom. The van der Waals surface area contributed by atoms with Gasteiger partial charge in [-0.3, -0.25) is 0 Å². The summed E-state index contributed by atoms with van der Waals surface area (Å²) >= 11 is 5.85. The van der Waals surface area contributed by atoms with E-state index in [1.54, 1.807) is 0 Å². The molecule has 1 amide bonds. The summed E-state index contributed by atoms with van der Waals surface area (Å²) < 4.78 is 43.8. The van der Waals surface area contributed by atoms with Crippen LogP contribution < -0.4 is 5.32 Å². The molecule has 8 heteroatoms. The van der Waals surface area contributed by atoms with Crippen LogP contribution in [0.1, 0.15) is 28.2 Å². The number of hydrogen-bond acceptors (Lipinski definition) is 3. The highest BCUT2D eigenvalue weighted by molar-refractivity contribution is 6.30. The molecule has 0 bridgehead atoms. The summed E-state index contributed by atoms with van der Waals surface area (Å²) in [7, 11) is 0. The first kappa shape index (κ1) is 21.9. The minimum absolute atomic E-state index is 0.0568. The molecule has 1 heterocycles. The number of halogens is 4. The zero-order valence-corrected chi connectivity index (χ0v) is 17.5. The van der Waals surface area contributed by atoms with Gasteiger partial charge >= 0.3 is 12.3 Å². The second kappa shape index (κ2) is 9.04. The fourth-order valence-electron chi connectivity index (χ4n) is 3.71. The highest BCUT2D eigenvalue weighted by atomic mass is 35.5. The number of alkyl halides is 3. The summed E-state index contributed by atoms with van der Waals surface area (Å²) in [6, 6.07) is 16.9. The van der Waals surface area contributed by atoms with Crippen molar-refractivity contribution in [3.8, 4) is 11.1 Å². The van der Waals surface area contributed by atoms with Crippen LogP contribution in [0.25, 0.3) is 17.2 Å². The number of amides is 1. The summed E-state index contributed by atoms with van der Waals surface area (Å²) in [5, 5.41) is 2.50. The Kier molecular flexibility index (Phi) is 6.19. The Balaban J connectivity index is 1.34. The number of pyridine rings is 1. The summed E-state index contributed by atoms with van der Waals surface area (Å²) in [6.07, 6.45) is -1.61. The maximum atomic E-state index is 12.8. The van der Waals surface area contributed by atoms with Gasteiger partial charge in [0.25, 0.3) is 0 Å². The predicted molar refractivity (Wildman–Crippen MR) is 116 cm³/mol. The van der Waals surface area contributed by atoms with Crippen LogP contribution in [0.5, 0.6) is 0 Å². The molecule has 32 heavy (non-hydrogen) atoms. The van der Waals surface area contributed by atoms with Gasteiger partial charge in [0.2, 0.25) is 0 Å². The van der Waals surface area contributed by atoms with Crippen LogP contribution in [-0.2, 0) is 10.9 Å². The number of nitrogens with zero attached hydrogens (tertiary/aromatic N) is 1. The van der Waals surface area contributed by atoms with Crippen molar-refractivity contribution in [1.29, 1.82) is 0 Å². The molecule has 0 aliphatic heterocycles. The Morgan fingerprint density at radius 3 is 2.34 bits per heavy atom. The van der Waals surface area contributed by atoms with Gasteiger partial charge in [-0.25, -0.2) is 9.78 Å². The zero-order chi connectivity index (χ0) is 22.7. The van der Waals surface area contributed by atoms with Crippen LogP contribution >= 0.6 is 11.6 Å². The first-order valence-corrected chi connectivity index (χ1v) is 10.2. The monoisotopic (exact) mass is 458 g/mol. The zero-order valence-electron chi connectivity index (χ0n) is 16.7. The molecule has 1 aliphatic carbocycles. The van der Waals surface area contributed by atoms with E-state index in [0.29, 0.717) is 6.20 Å². The lowest BCUT2D eigenvalue weighted by Crippen LogP contribution is -2.26. The number of fused-ring (bicyclic) bond motifs is 3. The van der Waals surface area contributed by atoms with Crippen LogP contribution in [0.4, 0.5) is 18.0 Å². The largest absolute Gasteiger partial charge is 0.449 e. The summed E-state index contributed by atoms with van der Waals surface area (Å²) in [5.74, 6) is -0.0568. The standard InChI is InChI=1S/C24H18ClF3N2O2/c25-22-15(12-16(13-30-22)24(26,27)28)6-5-11-29-23(31)32-14-21-19-9-3-1-7-17(19)18-8-2-4-10-20(18)21/h1-10,12-13,21H,11,14H2,(H,29,31). The summed E-state index contributed by atoms with van der Waals surface area (Å²) in [4.78, 5) is 15.7. The third kappa shape index (κ3) is 4.62. The molecule has 0 unspecified atom stereocenters. The number of hydrogen-bond donors (Lipinski definition) is 1. The summed E-state index contributed by atoms with van der Waals surface area (Å²) in [6.45, 7) is 0.232. The number of benzene rings is 2. The van der Waals surface area contributed by atoms with Crippen molar-refractivity contribution in [2.75, 3.05) is 13.2 Å². The average Bonchev–Trinajstić information content (AvgIpc) is 3.09. The van der Waals surface area contributed by atoms with Crippen LogP contribution in [0, 0.1) is 0 Å². The van der Waals surface area contributed by atoms with E-state index in [1.165, 1.54) is 12.2 Å². The molecule has 0 spiro atoms. The highest BCUT2D eigenvalue weighted by Crippen LogP contribution is 2.44. The minimum Gasteiger partial charge on any atom is -0.449 e. The number of carbonyl (C=O) groups excluding carboxylic acids is 1. The molecule has 0 atom stereocenters. The number of nitrogens with one attached hydrogen (secondary N) is 1. The molecule has 3 aromatic rings. The molecule has 2 aromatic carbocycles. The molecular weight excluding hydrogens is 441 g/mol. The SMILES string of the molecule is O=C(NCC=Cc1cc(C(F)(F)F)cnc1Cl)OCC1c2ccccc2-c2ccccc21. The van der Waals surface area contributed by atoms with E-state index >= 15 is 0 Å². The molecule has 0 saturated heterocycles.